The van der Waals surface area contributed by atoms with Crippen LogP contribution in [0.15, 0.2) is 85.3 Å². The Morgan fingerprint density at radius 3 is 2.48 bits per heavy atom. The number of aromatic nitrogens is 5. The van der Waals surface area contributed by atoms with Crippen LogP contribution in [0.4, 0.5) is 0 Å². The van der Waals surface area contributed by atoms with E-state index in [9.17, 15) is 0 Å². The fourth-order valence-corrected chi connectivity index (χ4v) is 3.37. The van der Waals surface area contributed by atoms with Crippen molar-refractivity contribution in [2.45, 2.75) is 6.42 Å². The predicted molar refractivity (Wildman–Crippen MR) is 108 cm³/mol. The van der Waals surface area contributed by atoms with Crippen LogP contribution >= 0.6 is 0 Å². The Hall–Kier alpha value is -4.53. The normalized spacial score (nSPS) is 11.4. The zero-order chi connectivity index (χ0) is 20.6. The fourth-order valence-electron chi connectivity index (χ4n) is 3.37. The van der Waals surface area contributed by atoms with Crippen molar-refractivity contribution in [3.05, 3.63) is 78.8 Å². The molecule has 0 amide bonds. The van der Waals surface area contributed by atoms with Gasteiger partial charge in [0.1, 0.15) is 5.69 Å². The Morgan fingerprint density at radius 1 is 0.839 bits per heavy atom. The number of fused-ring (bicyclic) bond motifs is 1. The van der Waals surface area contributed by atoms with Crippen molar-refractivity contribution in [2.75, 3.05) is 0 Å². The molecule has 0 aliphatic carbocycles. The molecule has 0 unspecified atom stereocenters. The first kappa shape index (κ1) is 17.3. The van der Waals surface area contributed by atoms with Crippen molar-refractivity contribution in [1.82, 2.24) is 25.3 Å². The summed E-state index contributed by atoms with van der Waals surface area (Å²) in [7, 11) is 0. The van der Waals surface area contributed by atoms with Crippen molar-refractivity contribution in [2.24, 2.45) is 0 Å². The second-order valence-corrected chi connectivity index (χ2v) is 6.77. The van der Waals surface area contributed by atoms with Gasteiger partial charge < -0.3 is 17.9 Å². The van der Waals surface area contributed by atoms with Crippen LogP contribution < -0.4 is 0 Å². The molecule has 0 spiro atoms. The van der Waals surface area contributed by atoms with E-state index in [1.54, 1.807) is 43.1 Å². The quantitative estimate of drug-likeness (QED) is 0.395. The first-order valence-corrected chi connectivity index (χ1v) is 9.45. The molecule has 0 bridgehead atoms. The van der Waals surface area contributed by atoms with E-state index in [0.717, 1.165) is 5.56 Å². The van der Waals surface area contributed by atoms with Crippen LogP contribution in [-0.4, -0.2) is 25.3 Å². The predicted octanol–water partition coefficient (Wildman–Crippen LogP) is 4.78. The minimum absolute atomic E-state index is 0.308. The Morgan fingerprint density at radius 2 is 1.71 bits per heavy atom. The van der Waals surface area contributed by atoms with Crippen LogP contribution in [0.2, 0.25) is 0 Å². The Bertz CT molecular complexity index is 1450. The lowest BCUT2D eigenvalue weighted by Crippen LogP contribution is -1.92. The number of furan rings is 2. The molecule has 9 nitrogen and oxygen atoms in total. The van der Waals surface area contributed by atoms with Crippen LogP contribution in [0.5, 0.6) is 0 Å². The average molecular weight is 411 g/mol. The van der Waals surface area contributed by atoms with Crippen LogP contribution in [0.25, 0.3) is 45.5 Å². The van der Waals surface area contributed by atoms with E-state index < -0.39 is 0 Å². The molecule has 0 N–H and O–H groups in total. The lowest BCUT2D eigenvalue weighted by atomic mass is 10.1. The standard InChI is InChI=1S/C22H13N5O4/c1-4-13(12-23-7-1)10-18-25-21(30-26-18)14-11-15(16-5-2-8-28-16)24-22-19(14)20(27-31-22)17-6-3-9-29-17/h1-9,11-12H,10H2. The Labute approximate surface area is 174 Å². The molecule has 0 radical (unpaired) electrons. The van der Waals surface area contributed by atoms with E-state index in [2.05, 4.69) is 25.3 Å². The van der Waals surface area contributed by atoms with Crippen molar-refractivity contribution >= 4 is 11.1 Å². The summed E-state index contributed by atoms with van der Waals surface area (Å²) in [4.78, 5) is 13.3. The van der Waals surface area contributed by atoms with E-state index in [4.69, 9.17) is 17.9 Å². The lowest BCUT2D eigenvalue weighted by molar-refractivity contribution is 0.424. The molecule has 0 aliphatic rings. The Balaban J connectivity index is 1.51. The molecular formula is C22H13N5O4. The highest BCUT2D eigenvalue weighted by molar-refractivity contribution is 6.00. The summed E-state index contributed by atoms with van der Waals surface area (Å²) >= 11 is 0. The fraction of sp³-hybridized carbons (Fsp3) is 0.0455. The van der Waals surface area contributed by atoms with E-state index in [1.165, 1.54) is 0 Å². The van der Waals surface area contributed by atoms with Gasteiger partial charge in [-0.3, -0.25) is 4.98 Å². The van der Waals surface area contributed by atoms with Crippen molar-refractivity contribution in [3.63, 3.8) is 0 Å². The highest BCUT2D eigenvalue weighted by atomic mass is 16.5. The number of pyridine rings is 2. The number of nitrogens with zero attached hydrogens (tertiary/aromatic N) is 5. The van der Waals surface area contributed by atoms with Gasteiger partial charge in [-0.15, -0.1) is 0 Å². The largest absolute Gasteiger partial charge is 0.463 e. The second kappa shape index (κ2) is 7.06. The zero-order valence-electron chi connectivity index (χ0n) is 15.9. The first-order chi connectivity index (χ1) is 15.3. The molecule has 0 fully saturated rings. The number of rotatable bonds is 5. The summed E-state index contributed by atoms with van der Waals surface area (Å²) in [5.74, 6) is 1.97. The van der Waals surface area contributed by atoms with Gasteiger partial charge in [0.15, 0.2) is 23.0 Å². The third-order valence-corrected chi connectivity index (χ3v) is 4.76. The second-order valence-electron chi connectivity index (χ2n) is 6.77. The summed E-state index contributed by atoms with van der Waals surface area (Å²) in [5.41, 5.74) is 2.96. The Kier molecular flexibility index (Phi) is 3.95. The molecule has 0 aliphatic heterocycles. The van der Waals surface area contributed by atoms with E-state index in [0.29, 0.717) is 57.7 Å². The molecular weight excluding hydrogens is 398 g/mol. The minimum atomic E-state index is 0.308. The number of hydrogen-bond acceptors (Lipinski definition) is 9. The van der Waals surface area contributed by atoms with Gasteiger partial charge in [0, 0.05) is 18.8 Å². The summed E-state index contributed by atoms with van der Waals surface area (Å²) in [6, 6.07) is 12.8. The van der Waals surface area contributed by atoms with Crippen molar-refractivity contribution in [1.29, 1.82) is 0 Å². The molecule has 31 heavy (non-hydrogen) atoms. The maximum absolute atomic E-state index is 5.61. The van der Waals surface area contributed by atoms with Gasteiger partial charge in [-0.25, -0.2) is 4.98 Å². The first-order valence-electron chi connectivity index (χ1n) is 9.45. The number of hydrogen-bond donors (Lipinski definition) is 0. The zero-order valence-corrected chi connectivity index (χ0v) is 15.9. The van der Waals surface area contributed by atoms with Crippen molar-refractivity contribution in [3.8, 4) is 34.4 Å². The molecule has 6 rings (SSSR count). The van der Waals surface area contributed by atoms with Crippen molar-refractivity contribution < 1.29 is 17.9 Å². The van der Waals surface area contributed by atoms with Gasteiger partial charge in [-0.2, -0.15) is 4.98 Å². The highest BCUT2D eigenvalue weighted by Crippen LogP contribution is 2.37. The molecule has 6 aromatic rings. The SMILES string of the molecule is c1cncc(Cc2noc(-c3cc(-c4ccco4)nc4onc(-c5ccco5)c34)n2)c1. The third kappa shape index (κ3) is 3.08. The minimum Gasteiger partial charge on any atom is -0.463 e. The van der Waals surface area contributed by atoms with E-state index >= 15 is 0 Å². The molecule has 0 atom stereocenters. The molecule has 0 saturated heterocycles. The molecule has 6 aromatic heterocycles. The maximum atomic E-state index is 5.61. The molecule has 6 heterocycles. The summed E-state index contributed by atoms with van der Waals surface area (Å²) < 4.78 is 22.1. The lowest BCUT2D eigenvalue weighted by Gasteiger charge is -2.02. The topological polar surface area (TPSA) is 117 Å². The highest BCUT2D eigenvalue weighted by Gasteiger charge is 2.24. The smallest absolute Gasteiger partial charge is 0.259 e. The molecule has 9 heteroatoms. The monoisotopic (exact) mass is 411 g/mol. The average Bonchev–Trinajstić information content (AvgIpc) is 3.61. The van der Waals surface area contributed by atoms with Gasteiger partial charge in [0.2, 0.25) is 0 Å². The molecule has 150 valence electrons. The summed E-state index contributed by atoms with van der Waals surface area (Å²) in [6.07, 6.45) is 7.13. The van der Waals surface area contributed by atoms with Gasteiger partial charge >= 0.3 is 0 Å². The molecule has 0 saturated carbocycles. The van der Waals surface area contributed by atoms with E-state index in [1.807, 2.05) is 24.3 Å². The van der Waals surface area contributed by atoms with E-state index in [-0.39, 0.29) is 0 Å². The maximum Gasteiger partial charge on any atom is 0.259 e. The van der Waals surface area contributed by atoms with Gasteiger partial charge in [-0.1, -0.05) is 16.4 Å². The summed E-state index contributed by atoms with van der Waals surface area (Å²) in [6.45, 7) is 0. The van der Waals surface area contributed by atoms with Crippen LogP contribution in [0, 0.1) is 0 Å². The summed E-state index contributed by atoms with van der Waals surface area (Å²) in [5, 5.41) is 8.91. The van der Waals surface area contributed by atoms with Gasteiger partial charge in [0.25, 0.3) is 11.6 Å². The molecule has 0 aromatic carbocycles. The van der Waals surface area contributed by atoms with Crippen LogP contribution in [0.3, 0.4) is 0 Å². The van der Waals surface area contributed by atoms with Gasteiger partial charge in [-0.05, 0) is 42.0 Å². The third-order valence-electron chi connectivity index (χ3n) is 4.76. The van der Waals surface area contributed by atoms with Gasteiger partial charge in [0.05, 0.1) is 23.5 Å². The van der Waals surface area contributed by atoms with Crippen LogP contribution in [-0.2, 0) is 6.42 Å². The van der Waals surface area contributed by atoms with Crippen LogP contribution in [0.1, 0.15) is 11.4 Å².